The van der Waals surface area contributed by atoms with Crippen LogP contribution in [0.4, 0.5) is 10.5 Å². The third-order valence-corrected chi connectivity index (χ3v) is 4.47. The summed E-state index contributed by atoms with van der Waals surface area (Å²) in [6.45, 7) is 4.00. The van der Waals surface area contributed by atoms with Gasteiger partial charge in [-0.3, -0.25) is 4.90 Å². The van der Waals surface area contributed by atoms with Gasteiger partial charge in [0.2, 0.25) is 0 Å². The molecule has 2 aliphatic rings. The van der Waals surface area contributed by atoms with Crippen LogP contribution in [0.2, 0.25) is 0 Å². The molecule has 2 amide bonds. The molecule has 25 heavy (non-hydrogen) atoms. The minimum Gasteiger partial charge on any atom is -0.497 e. The molecule has 0 saturated carbocycles. The van der Waals surface area contributed by atoms with Gasteiger partial charge in [-0.2, -0.15) is 0 Å². The minimum atomic E-state index is -0.737. The standard InChI is InChI=1S/C17H25N3O5/c1-23-13-4-2-3-12(9-13)18-17(22)19-14-11-25-15(16(14)21)10-20-5-7-24-8-6-20/h2-4,9,14-16,21H,5-8,10-11H2,1H3,(H2,18,19,22). The van der Waals surface area contributed by atoms with E-state index in [2.05, 4.69) is 15.5 Å². The maximum absolute atomic E-state index is 12.2. The third-order valence-electron chi connectivity index (χ3n) is 4.47. The van der Waals surface area contributed by atoms with Crippen molar-refractivity contribution in [2.45, 2.75) is 18.2 Å². The quantitative estimate of drug-likeness (QED) is 0.706. The number of morpholine rings is 1. The Kier molecular flexibility index (Phi) is 6.09. The summed E-state index contributed by atoms with van der Waals surface area (Å²) in [6.07, 6.45) is -1.04. The highest BCUT2D eigenvalue weighted by Crippen LogP contribution is 2.18. The fourth-order valence-corrected chi connectivity index (χ4v) is 3.05. The number of rotatable bonds is 5. The molecular weight excluding hydrogens is 326 g/mol. The van der Waals surface area contributed by atoms with Gasteiger partial charge in [0.05, 0.1) is 39.1 Å². The van der Waals surface area contributed by atoms with Crippen molar-refractivity contribution in [2.24, 2.45) is 0 Å². The number of carbonyl (C=O) groups excluding carboxylic acids is 1. The third kappa shape index (κ3) is 4.82. The number of amides is 2. The summed E-state index contributed by atoms with van der Waals surface area (Å²) >= 11 is 0. The summed E-state index contributed by atoms with van der Waals surface area (Å²) in [5, 5.41) is 15.9. The number of benzene rings is 1. The first-order valence-electron chi connectivity index (χ1n) is 8.47. The van der Waals surface area contributed by atoms with E-state index in [1.165, 1.54) is 0 Å². The number of hydrogen-bond acceptors (Lipinski definition) is 6. The summed E-state index contributed by atoms with van der Waals surface area (Å²) in [5.74, 6) is 0.660. The monoisotopic (exact) mass is 351 g/mol. The summed E-state index contributed by atoms with van der Waals surface area (Å²) < 4.78 is 16.1. The van der Waals surface area contributed by atoms with Crippen molar-refractivity contribution in [3.05, 3.63) is 24.3 Å². The highest BCUT2D eigenvalue weighted by molar-refractivity contribution is 5.89. The van der Waals surface area contributed by atoms with Crippen LogP contribution in [0.15, 0.2) is 24.3 Å². The second-order valence-corrected chi connectivity index (χ2v) is 6.21. The zero-order valence-electron chi connectivity index (χ0n) is 14.3. The van der Waals surface area contributed by atoms with Gasteiger partial charge in [0, 0.05) is 31.4 Å². The molecule has 3 atom stereocenters. The molecule has 3 N–H and O–H groups in total. The first kappa shape index (κ1) is 17.9. The molecule has 1 aromatic carbocycles. The van der Waals surface area contributed by atoms with Crippen LogP contribution in [-0.2, 0) is 9.47 Å². The van der Waals surface area contributed by atoms with Gasteiger partial charge in [-0.1, -0.05) is 6.07 Å². The van der Waals surface area contributed by atoms with E-state index in [1.54, 1.807) is 31.4 Å². The zero-order valence-corrected chi connectivity index (χ0v) is 14.3. The lowest BCUT2D eigenvalue weighted by molar-refractivity contribution is -0.0180. The molecule has 2 fully saturated rings. The van der Waals surface area contributed by atoms with Crippen molar-refractivity contribution in [1.29, 1.82) is 0 Å². The van der Waals surface area contributed by atoms with Crippen LogP contribution in [-0.4, -0.2) is 80.9 Å². The van der Waals surface area contributed by atoms with Crippen LogP contribution >= 0.6 is 0 Å². The second kappa shape index (κ2) is 8.48. The van der Waals surface area contributed by atoms with E-state index in [-0.39, 0.29) is 12.1 Å². The Morgan fingerprint density at radius 2 is 2.20 bits per heavy atom. The lowest BCUT2D eigenvalue weighted by atomic mass is 10.1. The SMILES string of the molecule is COc1cccc(NC(=O)NC2COC(CN3CCOCC3)C2O)c1. The van der Waals surface area contributed by atoms with Crippen molar-refractivity contribution in [1.82, 2.24) is 10.2 Å². The number of methoxy groups -OCH3 is 1. The second-order valence-electron chi connectivity index (χ2n) is 6.21. The zero-order chi connectivity index (χ0) is 17.6. The van der Waals surface area contributed by atoms with Crippen LogP contribution in [0.3, 0.4) is 0 Å². The Hall–Kier alpha value is -1.87. The first-order chi connectivity index (χ1) is 12.2. The summed E-state index contributed by atoms with van der Waals surface area (Å²) in [6, 6.07) is 6.27. The maximum atomic E-state index is 12.2. The van der Waals surface area contributed by atoms with Crippen molar-refractivity contribution in [3.8, 4) is 5.75 Å². The number of nitrogens with zero attached hydrogens (tertiary/aromatic N) is 1. The predicted octanol–water partition coefficient (Wildman–Crippen LogP) is 0.277. The van der Waals surface area contributed by atoms with Gasteiger partial charge in [-0.25, -0.2) is 4.79 Å². The molecule has 8 heteroatoms. The highest BCUT2D eigenvalue weighted by Gasteiger charge is 2.37. The van der Waals surface area contributed by atoms with Gasteiger partial charge in [-0.05, 0) is 12.1 Å². The van der Waals surface area contributed by atoms with Gasteiger partial charge in [0.25, 0.3) is 0 Å². The van der Waals surface area contributed by atoms with E-state index < -0.39 is 12.1 Å². The van der Waals surface area contributed by atoms with Crippen molar-refractivity contribution in [2.75, 3.05) is 51.9 Å². The molecule has 2 saturated heterocycles. The Morgan fingerprint density at radius 3 is 2.96 bits per heavy atom. The van der Waals surface area contributed by atoms with E-state index in [0.29, 0.717) is 37.8 Å². The van der Waals surface area contributed by atoms with E-state index in [0.717, 1.165) is 13.1 Å². The van der Waals surface area contributed by atoms with Crippen LogP contribution in [0.25, 0.3) is 0 Å². The molecule has 0 aromatic heterocycles. The first-order valence-corrected chi connectivity index (χ1v) is 8.47. The van der Waals surface area contributed by atoms with Gasteiger partial charge in [-0.15, -0.1) is 0 Å². The minimum absolute atomic E-state index is 0.293. The van der Waals surface area contributed by atoms with Crippen molar-refractivity contribution >= 4 is 11.7 Å². The lowest BCUT2D eigenvalue weighted by Crippen LogP contribution is -2.49. The largest absolute Gasteiger partial charge is 0.497 e. The van der Waals surface area contributed by atoms with Crippen LogP contribution in [0.1, 0.15) is 0 Å². The van der Waals surface area contributed by atoms with Crippen LogP contribution in [0, 0.1) is 0 Å². The van der Waals surface area contributed by atoms with Crippen molar-refractivity contribution in [3.63, 3.8) is 0 Å². The molecular formula is C17H25N3O5. The molecule has 8 nitrogen and oxygen atoms in total. The maximum Gasteiger partial charge on any atom is 0.319 e. The summed E-state index contributed by atoms with van der Waals surface area (Å²) in [4.78, 5) is 14.4. The molecule has 0 radical (unpaired) electrons. The van der Waals surface area contributed by atoms with E-state index >= 15 is 0 Å². The molecule has 0 aliphatic carbocycles. The Labute approximate surface area is 147 Å². The fraction of sp³-hybridized carbons (Fsp3) is 0.588. The van der Waals surface area contributed by atoms with Gasteiger partial charge in [0.15, 0.2) is 0 Å². The Balaban J connectivity index is 1.48. The number of urea groups is 1. The van der Waals surface area contributed by atoms with Gasteiger partial charge >= 0.3 is 6.03 Å². The van der Waals surface area contributed by atoms with Crippen LogP contribution in [0.5, 0.6) is 5.75 Å². The highest BCUT2D eigenvalue weighted by atomic mass is 16.5. The average molecular weight is 351 g/mol. The number of aliphatic hydroxyl groups excluding tert-OH is 1. The summed E-state index contributed by atoms with van der Waals surface area (Å²) in [7, 11) is 1.57. The van der Waals surface area contributed by atoms with Crippen molar-refractivity contribution < 1.29 is 24.1 Å². The topological polar surface area (TPSA) is 92.3 Å². The smallest absolute Gasteiger partial charge is 0.319 e. The molecule has 1 aromatic rings. The molecule has 3 unspecified atom stereocenters. The molecule has 2 heterocycles. The molecule has 138 valence electrons. The number of nitrogens with one attached hydrogen (secondary N) is 2. The van der Waals surface area contributed by atoms with E-state index in [1.807, 2.05) is 0 Å². The Morgan fingerprint density at radius 1 is 1.40 bits per heavy atom. The Bertz CT molecular complexity index is 579. The number of hydrogen-bond donors (Lipinski definition) is 3. The number of carbonyl (C=O) groups is 1. The van der Waals surface area contributed by atoms with Gasteiger partial charge in [0.1, 0.15) is 11.9 Å². The molecule has 3 rings (SSSR count). The molecule has 2 aliphatic heterocycles. The fourth-order valence-electron chi connectivity index (χ4n) is 3.05. The number of anilines is 1. The number of aliphatic hydroxyl groups is 1. The lowest BCUT2D eigenvalue weighted by Gasteiger charge is -2.29. The molecule has 0 bridgehead atoms. The number of ether oxygens (including phenoxy) is 3. The summed E-state index contributed by atoms with van der Waals surface area (Å²) in [5.41, 5.74) is 0.620. The van der Waals surface area contributed by atoms with Gasteiger partial charge < -0.3 is 30.0 Å². The molecule has 0 spiro atoms. The van der Waals surface area contributed by atoms with E-state index in [9.17, 15) is 9.90 Å². The average Bonchev–Trinajstić information content (AvgIpc) is 2.96. The van der Waals surface area contributed by atoms with Crippen LogP contribution < -0.4 is 15.4 Å². The normalized spacial score (nSPS) is 27.0. The van der Waals surface area contributed by atoms with E-state index in [4.69, 9.17) is 14.2 Å². The predicted molar refractivity (Wildman–Crippen MR) is 91.9 cm³/mol.